The first-order valence-electron chi connectivity index (χ1n) is 8.70. The molecule has 3 rings (SSSR count). The first-order chi connectivity index (χ1) is 13.3. The molecule has 1 aliphatic rings. The number of nitrogens with zero attached hydrogens (tertiary/aromatic N) is 3. The van der Waals surface area contributed by atoms with Crippen LogP contribution >= 0.6 is 11.3 Å². The third-order valence-corrected chi connectivity index (χ3v) is 5.79. The van der Waals surface area contributed by atoms with Crippen LogP contribution < -0.4 is 16.6 Å². The van der Waals surface area contributed by atoms with Crippen LogP contribution in [-0.4, -0.2) is 57.6 Å². The lowest BCUT2D eigenvalue weighted by atomic mass is 10.1. The highest BCUT2D eigenvalue weighted by atomic mass is 32.1. The van der Waals surface area contributed by atoms with E-state index in [2.05, 4.69) is 5.32 Å². The quantitative estimate of drug-likeness (QED) is 0.661. The summed E-state index contributed by atoms with van der Waals surface area (Å²) in [5, 5.41) is 2.89. The highest BCUT2D eigenvalue weighted by Crippen LogP contribution is 2.25. The number of carbonyl (C=O) groups is 3. The highest BCUT2D eigenvalue weighted by Gasteiger charge is 2.36. The van der Waals surface area contributed by atoms with Crippen LogP contribution in [0.2, 0.25) is 0 Å². The summed E-state index contributed by atoms with van der Waals surface area (Å²) in [6, 6.07) is 0.440. The molecule has 0 saturated carbocycles. The second-order valence-electron chi connectivity index (χ2n) is 6.35. The molecule has 2 aromatic heterocycles. The van der Waals surface area contributed by atoms with E-state index in [0.29, 0.717) is 4.83 Å². The number of hydrogen-bond donors (Lipinski definition) is 1. The molecule has 10 nitrogen and oxygen atoms in total. The molecule has 1 saturated heterocycles. The summed E-state index contributed by atoms with van der Waals surface area (Å²) >= 11 is 1.01. The average molecular weight is 408 g/mol. The summed E-state index contributed by atoms with van der Waals surface area (Å²) in [6.07, 6.45) is -0.253. The van der Waals surface area contributed by atoms with Gasteiger partial charge in [-0.3, -0.25) is 28.3 Å². The van der Waals surface area contributed by atoms with Gasteiger partial charge in [-0.05, 0) is 13.0 Å². The molecule has 0 radical (unpaired) electrons. The Morgan fingerprint density at radius 1 is 1.25 bits per heavy atom. The van der Waals surface area contributed by atoms with E-state index in [4.69, 9.17) is 4.74 Å². The van der Waals surface area contributed by atoms with Crippen LogP contribution in [0.4, 0.5) is 0 Å². The molecule has 11 heteroatoms. The molecule has 0 unspecified atom stereocenters. The molecule has 1 fully saturated rings. The van der Waals surface area contributed by atoms with Crippen molar-refractivity contribution in [2.75, 3.05) is 19.7 Å². The van der Waals surface area contributed by atoms with E-state index in [9.17, 15) is 24.0 Å². The van der Waals surface area contributed by atoms with E-state index in [0.717, 1.165) is 15.9 Å². The lowest BCUT2D eigenvalue weighted by molar-refractivity contribution is -0.147. The normalized spacial score (nSPS) is 16.9. The van der Waals surface area contributed by atoms with Gasteiger partial charge in [0.25, 0.3) is 11.5 Å². The standard InChI is InChI=1S/C17H20N4O6S/c1-4-27-12(22)8-10-13(23)18-5-6-21(10)15(25)11-7-9-14(24)19(2)17(26)20(3)16(9)28-11/h7,10H,4-6,8H2,1-3H3,(H,18,23)/t10-/m0/s1. The Labute approximate surface area is 163 Å². The van der Waals surface area contributed by atoms with Crippen LogP contribution in [0.3, 0.4) is 0 Å². The number of amides is 2. The van der Waals surface area contributed by atoms with E-state index in [1.165, 1.54) is 29.6 Å². The van der Waals surface area contributed by atoms with Gasteiger partial charge in [-0.1, -0.05) is 0 Å². The minimum Gasteiger partial charge on any atom is -0.466 e. The maximum atomic E-state index is 13.1. The van der Waals surface area contributed by atoms with Gasteiger partial charge < -0.3 is 15.0 Å². The van der Waals surface area contributed by atoms with E-state index in [-0.39, 0.29) is 36.4 Å². The Morgan fingerprint density at radius 3 is 2.64 bits per heavy atom. The fraction of sp³-hybridized carbons (Fsp3) is 0.471. The predicted octanol–water partition coefficient (Wildman–Crippen LogP) is -0.807. The van der Waals surface area contributed by atoms with Crippen molar-refractivity contribution in [3.8, 4) is 0 Å². The Morgan fingerprint density at radius 2 is 1.96 bits per heavy atom. The Kier molecular flexibility index (Phi) is 5.36. The molecule has 2 aromatic rings. The van der Waals surface area contributed by atoms with Crippen molar-refractivity contribution in [1.82, 2.24) is 19.4 Å². The number of fused-ring (bicyclic) bond motifs is 1. The lowest BCUT2D eigenvalue weighted by Crippen LogP contribution is -2.57. The molecule has 28 heavy (non-hydrogen) atoms. The number of aryl methyl sites for hydroxylation is 1. The minimum atomic E-state index is -0.989. The summed E-state index contributed by atoms with van der Waals surface area (Å²) in [6.45, 7) is 2.31. The van der Waals surface area contributed by atoms with Crippen molar-refractivity contribution < 1.29 is 19.1 Å². The van der Waals surface area contributed by atoms with Gasteiger partial charge in [-0.2, -0.15) is 0 Å². The fourth-order valence-corrected chi connectivity index (χ4v) is 4.21. The van der Waals surface area contributed by atoms with E-state index in [1.54, 1.807) is 6.92 Å². The Bertz CT molecular complexity index is 1080. The molecular weight excluding hydrogens is 388 g/mol. The number of hydrogen-bond acceptors (Lipinski definition) is 7. The summed E-state index contributed by atoms with van der Waals surface area (Å²) in [7, 11) is 2.89. The van der Waals surface area contributed by atoms with Crippen LogP contribution in [-0.2, 0) is 28.4 Å². The van der Waals surface area contributed by atoms with Gasteiger partial charge in [0.05, 0.1) is 23.3 Å². The van der Waals surface area contributed by atoms with Crippen molar-refractivity contribution in [3.05, 3.63) is 31.8 Å². The lowest BCUT2D eigenvalue weighted by Gasteiger charge is -2.34. The number of esters is 1. The van der Waals surface area contributed by atoms with Gasteiger partial charge in [-0.25, -0.2) is 4.79 Å². The number of aromatic nitrogens is 2. The number of nitrogens with one attached hydrogen (secondary N) is 1. The third-order valence-electron chi connectivity index (χ3n) is 4.59. The maximum absolute atomic E-state index is 13.1. The Balaban J connectivity index is 2.00. The summed E-state index contributed by atoms with van der Waals surface area (Å²) in [4.78, 5) is 63.5. The zero-order valence-electron chi connectivity index (χ0n) is 15.7. The maximum Gasteiger partial charge on any atom is 0.331 e. The topological polar surface area (TPSA) is 120 Å². The summed E-state index contributed by atoms with van der Waals surface area (Å²) < 4.78 is 7.17. The van der Waals surface area contributed by atoms with E-state index >= 15 is 0 Å². The number of ether oxygens (including phenoxy) is 1. The van der Waals surface area contributed by atoms with Crippen LogP contribution in [0, 0.1) is 0 Å². The second-order valence-corrected chi connectivity index (χ2v) is 7.38. The zero-order chi connectivity index (χ0) is 20.6. The third kappa shape index (κ3) is 3.33. The van der Waals surface area contributed by atoms with Crippen LogP contribution in [0.1, 0.15) is 23.0 Å². The van der Waals surface area contributed by atoms with Gasteiger partial charge in [0.2, 0.25) is 5.91 Å². The molecular formula is C17H20N4O6S. The van der Waals surface area contributed by atoms with E-state index in [1.807, 2.05) is 0 Å². The van der Waals surface area contributed by atoms with Crippen molar-refractivity contribution in [1.29, 1.82) is 0 Å². The average Bonchev–Trinajstić information content (AvgIpc) is 3.11. The van der Waals surface area contributed by atoms with Gasteiger partial charge in [0.15, 0.2) is 0 Å². The molecule has 0 aromatic carbocycles. The van der Waals surface area contributed by atoms with E-state index < -0.39 is 35.1 Å². The van der Waals surface area contributed by atoms with Gasteiger partial charge in [-0.15, -0.1) is 11.3 Å². The molecule has 1 aliphatic heterocycles. The Hall–Kier alpha value is -2.95. The molecule has 150 valence electrons. The largest absolute Gasteiger partial charge is 0.466 e. The molecule has 2 amide bonds. The van der Waals surface area contributed by atoms with Crippen molar-refractivity contribution in [2.24, 2.45) is 14.1 Å². The van der Waals surface area contributed by atoms with Crippen LogP contribution in [0.5, 0.6) is 0 Å². The predicted molar refractivity (Wildman–Crippen MR) is 101 cm³/mol. The van der Waals surface area contributed by atoms with Crippen molar-refractivity contribution >= 4 is 39.3 Å². The summed E-state index contributed by atoms with van der Waals surface area (Å²) in [5.74, 6) is -1.48. The smallest absolute Gasteiger partial charge is 0.331 e. The molecule has 0 spiro atoms. The minimum absolute atomic E-state index is 0.175. The highest BCUT2D eigenvalue weighted by molar-refractivity contribution is 7.20. The van der Waals surface area contributed by atoms with Crippen molar-refractivity contribution in [3.63, 3.8) is 0 Å². The first-order valence-corrected chi connectivity index (χ1v) is 9.51. The monoisotopic (exact) mass is 408 g/mol. The molecule has 0 aliphatic carbocycles. The second kappa shape index (κ2) is 7.58. The number of rotatable bonds is 4. The summed E-state index contributed by atoms with van der Waals surface area (Å²) in [5.41, 5.74) is -0.983. The van der Waals surface area contributed by atoms with Crippen LogP contribution in [0.15, 0.2) is 15.7 Å². The molecule has 3 heterocycles. The SMILES string of the molecule is CCOC(=O)C[C@H]1C(=O)NCCN1C(=O)c1cc2c(=O)n(C)c(=O)n(C)c2s1. The fourth-order valence-electron chi connectivity index (χ4n) is 3.15. The van der Waals surface area contributed by atoms with Gasteiger partial charge in [0, 0.05) is 27.2 Å². The molecule has 0 bridgehead atoms. The van der Waals surface area contributed by atoms with Crippen LogP contribution in [0.25, 0.3) is 10.2 Å². The number of carbonyl (C=O) groups excluding carboxylic acids is 3. The number of piperazine rings is 1. The zero-order valence-corrected chi connectivity index (χ0v) is 16.5. The molecule has 1 atom stereocenters. The number of thiophene rings is 1. The van der Waals surface area contributed by atoms with Crippen molar-refractivity contribution in [2.45, 2.75) is 19.4 Å². The molecule has 1 N–H and O–H groups in total. The van der Waals surface area contributed by atoms with Gasteiger partial charge >= 0.3 is 11.7 Å². The van der Waals surface area contributed by atoms with Gasteiger partial charge in [0.1, 0.15) is 10.9 Å². The first kappa shape index (κ1) is 19.8.